The van der Waals surface area contributed by atoms with Gasteiger partial charge >= 0.3 is 6.03 Å². The molecule has 1 fully saturated rings. The van der Waals surface area contributed by atoms with Crippen LogP contribution in [0.1, 0.15) is 32.4 Å². The van der Waals surface area contributed by atoms with Gasteiger partial charge in [0.1, 0.15) is 5.76 Å². The lowest BCUT2D eigenvalue weighted by Gasteiger charge is -2.33. The highest BCUT2D eigenvalue weighted by Gasteiger charge is 2.38. The lowest BCUT2D eigenvalue weighted by Crippen LogP contribution is -2.49. The van der Waals surface area contributed by atoms with Gasteiger partial charge in [-0.3, -0.25) is 0 Å². The first kappa shape index (κ1) is 16.5. The smallest absolute Gasteiger partial charge is 0.322 e. The first-order valence-electron chi connectivity index (χ1n) is 8.17. The van der Waals surface area contributed by atoms with Crippen molar-refractivity contribution in [3.63, 3.8) is 0 Å². The van der Waals surface area contributed by atoms with Crippen molar-refractivity contribution in [2.24, 2.45) is 0 Å². The van der Waals surface area contributed by atoms with Gasteiger partial charge in [0.25, 0.3) is 0 Å². The van der Waals surface area contributed by atoms with Gasteiger partial charge in [-0.15, -0.1) is 0 Å². The maximum atomic E-state index is 12.6. The van der Waals surface area contributed by atoms with Crippen molar-refractivity contribution in [1.82, 2.24) is 9.88 Å². The van der Waals surface area contributed by atoms with Crippen LogP contribution in [0.25, 0.3) is 11.5 Å². The molecule has 6 heteroatoms. The van der Waals surface area contributed by atoms with Gasteiger partial charge in [0.05, 0.1) is 17.8 Å². The number of carbonyl (C=O) groups is 1. The minimum Gasteiger partial charge on any atom is -0.441 e. The third-order valence-corrected chi connectivity index (χ3v) is 4.31. The first-order chi connectivity index (χ1) is 11.3. The summed E-state index contributed by atoms with van der Waals surface area (Å²) in [6.07, 6.45) is 3.38. The first-order valence-corrected chi connectivity index (χ1v) is 8.17. The third kappa shape index (κ3) is 3.43. The van der Waals surface area contributed by atoms with Crippen LogP contribution < -0.4 is 5.32 Å². The minimum absolute atomic E-state index is 0.171. The summed E-state index contributed by atoms with van der Waals surface area (Å²) in [5, 5.41) is 13.2. The Morgan fingerprint density at radius 1 is 1.46 bits per heavy atom. The standard InChI is InChI=1S/C18H23N3O3/c1-12-11-19-16(24-12)13-6-4-7-14(10-13)20-17(22)21-9-5-8-15(21)18(2,3)23/h4,6-7,10-11,15,23H,5,8-9H2,1-3H3,(H,20,22). The van der Waals surface area contributed by atoms with Crippen LogP contribution in [0.3, 0.4) is 0 Å². The number of nitrogens with one attached hydrogen (secondary N) is 1. The van der Waals surface area contributed by atoms with Gasteiger partial charge in [0.2, 0.25) is 5.89 Å². The predicted molar refractivity (Wildman–Crippen MR) is 91.7 cm³/mol. The molecular weight excluding hydrogens is 306 g/mol. The van der Waals surface area contributed by atoms with E-state index in [1.807, 2.05) is 31.2 Å². The van der Waals surface area contributed by atoms with Gasteiger partial charge in [0.15, 0.2) is 0 Å². The Hall–Kier alpha value is -2.34. The number of carbonyl (C=O) groups excluding carboxylic acids is 1. The average molecular weight is 329 g/mol. The molecule has 128 valence electrons. The maximum absolute atomic E-state index is 12.6. The molecule has 0 saturated carbocycles. The number of anilines is 1. The normalized spacial score (nSPS) is 18.0. The Morgan fingerprint density at radius 3 is 2.92 bits per heavy atom. The molecule has 1 saturated heterocycles. The third-order valence-electron chi connectivity index (χ3n) is 4.31. The number of aryl methyl sites for hydroxylation is 1. The van der Waals surface area contributed by atoms with Gasteiger partial charge in [0, 0.05) is 17.8 Å². The topological polar surface area (TPSA) is 78.6 Å². The van der Waals surface area contributed by atoms with Crippen LogP contribution >= 0.6 is 0 Å². The summed E-state index contributed by atoms with van der Waals surface area (Å²) >= 11 is 0. The van der Waals surface area contributed by atoms with E-state index < -0.39 is 5.60 Å². The van der Waals surface area contributed by atoms with E-state index in [4.69, 9.17) is 4.42 Å². The van der Waals surface area contributed by atoms with Crippen LogP contribution in [-0.4, -0.2) is 39.2 Å². The molecule has 1 aliphatic heterocycles. The summed E-state index contributed by atoms with van der Waals surface area (Å²) in [5.41, 5.74) is 0.571. The van der Waals surface area contributed by atoms with Crippen molar-refractivity contribution in [3.05, 3.63) is 36.2 Å². The van der Waals surface area contributed by atoms with Crippen molar-refractivity contribution in [1.29, 1.82) is 0 Å². The summed E-state index contributed by atoms with van der Waals surface area (Å²) in [6, 6.07) is 7.03. The molecule has 24 heavy (non-hydrogen) atoms. The summed E-state index contributed by atoms with van der Waals surface area (Å²) in [6.45, 7) is 5.98. The maximum Gasteiger partial charge on any atom is 0.322 e. The van der Waals surface area contributed by atoms with Gasteiger partial charge < -0.3 is 19.7 Å². The fourth-order valence-corrected chi connectivity index (χ4v) is 3.16. The van der Waals surface area contributed by atoms with Crippen molar-refractivity contribution in [3.8, 4) is 11.5 Å². The predicted octanol–water partition coefficient (Wildman–Crippen LogP) is 3.42. The fraction of sp³-hybridized carbons (Fsp3) is 0.444. The highest BCUT2D eigenvalue weighted by Crippen LogP contribution is 2.28. The number of aromatic nitrogens is 1. The Balaban J connectivity index is 1.75. The fourth-order valence-electron chi connectivity index (χ4n) is 3.16. The van der Waals surface area contributed by atoms with E-state index in [-0.39, 0.29) is 12.1 Å². The second kappa shape index (κ2) is 6.28. The zero-order chi connectivity index (χ0) is 17.3. The highest BCUT2D eigenvalue weighted by molar-refractivity contribution is 5.90. The number of oxazole rings is 1. The van der Waals surface area contributed by atoms with Gasteiger partial charge in [-0.05, 0) is 51.8 Å². The van der Waals surface area contributed by atoms with E-state index in [9.17, 15) is 9.90 Å². The molecule has 2 aromatic rings. The SMILES string of the molecule is Cc1cnc(-c2cccc(NC(=O)N3CCCC3C(C)(C)O)c2)o1. The highest BCUT2D eigenvalue weighted by atomic mass is 16.4. The largest absolute Gasteiger partial charge is 0.441 e. The Morgan fingerprint density at radius 2 is 2.25 bits per heavy atom. The number of likely N-dealkylation sites (tertiary alicyclic amines) is 1. The van der Waals surface area contributed by atoms with Crippen LogP contribution in [0.2, 0.25) is 0 Å². The molecule has 1 aliphatic rings. The van der Waals surface area contributed by atoms with E-state index >= 15 is 0 Å². The molecule has 0 radical (unpaired) electrons. The van der Waals surface area contributed by atoms with Crippen molar-refractivity contribution >= 4 is 11.7 Å². The molecule has 1 aromatic heterocycles. The second-order valence-electron chi connectivity index (χ2n) is 6.79. The quantitative estimate of drug-likeness (QED) is 0.904. The number of hydrogen-bond acceptors (Lipinski definition) is 4. The van der Waals surface area contributed by atoms with Gasteiger partial charge in [-0.1, -0.05) is 6.07 Å². The molecule has 0 aliphatic carbocycles. The molecule has 0 bridgehead atoms. The monoisotopic (exact) mass is 329 g/mol. The number of rotatable bonds is 3. The van der Waals surface area contributed by atoms with Crippen LogP contribution in [0.5, 0.6) is 0 Å². The number of hydrogen-bond donors (Lipinski definition) is 2. The van der Waals surface area contributed by atoms with Crippen LogP contribution in [-0.2, 0) is 0 Å². The summed E-state index contributed by atoms with van der Waals surface area (Å²) in [5.74, 6) is 1.27. The molecule has 2 amide bonds. The zero-order valence-corrected chi connectivity index (χ0v) is 14.2. The number of benzene rings is 1. The average Bonchev–Trinajstić information content (AvgIpc) is 3.15. The van der Waals surface area contributed by atoms with Crippen molar-refractivity contribution in [2.45, 2.75) is 45.3 Å². The number of amides is 2. The van der Waals surface area contributed by atoms with E-state index in [0.717, 1.165) is 24.2 Å². The summed E-state index contributed by atoms with van der Waals surface area (Å²) in [7, 11) is 0. The zero-order valence-electron chi connectivity index (χ0n) is 14.2. The molecule has 1 atom stereocenters. The summed E-state index contributed by atoms with van der Waals surface area (Å²) < 4.78 is 5.52. The van der Waals surface area contributed by atoms with Crippen molar-refractivity contribution < 1.29 is 14.3 Å². The Bertz CT molecular complexity index is 733. The van der Waals surface area contributed by atoms with E-state index in [0.29, 0.717) is 18.1 Å². The van der Waals surface area contributed by atoms with E-state index in [2.05, 4.69) is 10.3 Å². The Kier molecular flexibility index (Phi) is 4.32. The number of nitrogens with zero attached hydrogens (tertiary/aromatic N) is 2. The lowest BCUT2D eigenvalue weighted by molar-refractivity contribution is 0.0117. The molecule has 0 spiro atoms. The number of aliphatic hydroxyl groups is 1. The lowest BCUT2D eigenvalue weighted by atomic mass is 9.97. The van der Waals surface area contributed by atoms with E-state index in [1.165, 1.54) is 0 Å². The minimum atomic E-state index is -0.911. The molecule has 1 aromatic carbocycles. The van der Waals surface area contributed by atoms with Crippen molar-refractivity contribution in [2.75, 3.05) is 11.9 Å². The molecule has 3 rings (SSSR count). The summed E-state index contributed by atoms with van der Waals surface area (Å²) in [4.78, 5) is 18.5. The van der Waals surface area contributed by atoms with E-state index in [1.54, 1.807) is 24.9 Å². The molecule has 2 heterocycles. The van der Waals surface area contributed by atoms with Crippen LogP contribution in [0.15, 0.2) is 34.9 Å². The molecule has 2 N–H and O–H groups in total. The number of urea groups is 1. The van der Waals surface area contributed by atoms with Crippen LogP contribution in [0, 0.1) is 6.92 Å². The van der Waals surface area contributed by atoms with Gasteiger partial charge in [-0.2, -0.15) is 0 Å². The Labute approximate surface area is 141 Å². The second-order valence-corrected chi connectivity index (χ2v) is 6.79. The molecule has 1 unspecified atom stereocenters. The van der Waals surface area contributed by atoms with Crippen LogP contribution in [0.4, 0.5) is 10.5 Å². The molecule has 6 nitrogen and oxygen atoms in total. The van der Waals surface area contributed by atoms with Gasteiger partial charge in [-0.25, -0.2) is 9.78 Å². The molecular formula is C18H23N3O3.